The molecular formula is C23H21N5O3. The molecule has 2 heterocycles. The van der Waals surface area contributed by atoms with E-state index in [1.54, 1.807) is 35.0 Å². The number of anilines is 2. The summed E-state index contributed by atoms with van der Waals surface area (Å²) in [6.45, 7) is 0.968. The van der Waals surface area contributed by atoms with Gasteiger partial charge in [0.25, 0.3) is 5.91 Å². The highest BCUT2D eigenvalue weighted by molar-refractivity contribution is 6.02. The summed E-state index contributed by atoms with van der Waals surface area (Å²) in [6.07, 6.45) is 3.26. The Kier molecular flexibility index (Phi) is 6.08. The lowest BCUT2D eigenvalue weighted by Crippen LogP contribution is -2.28. The van der Waals surface area contributed by atoms with Gasteiger partial charge in [0.2, 0.25) is 0 Å². The van der Waals surface area contributed by atoms with Crippen molar-refractivity contribution in [3.63, 3.8) is 0 Å². The summed E-state index contributed by atoms with van der Waals surface area (Å²) in [5, 5.41) is 12.6. The second-order valence-electron chi connectivity index (χ2n) is 6.82. The second kappa shape index (κ2) is 9.45. The van der Waals surface area contributed by atoms with Crippen LogP contribution in [0.15, 0.2) is 89.7 Å². The highest BCUT2D eigenvalue weighted by Gasteiger charge is 2.09. The Bertz CT molecular complexity index is 1140. The van der Waals surface area contributed by atoms with Crippen LogP contribution in [0.3, 0.4) is 0 Å². The maximum Gasteiger partial charge on any atom is 0.320 e. The second-order valence-corrected chi connectivity index (χ2v) is 6.82. The van der Waals surface area contributed by atoms with Gasteiger partial charge in [-0.3, -0.25) is 14.8 Å². The molecule has 0 bridgehead atoms. The Balaban J connectivity index is 1.24. The van der Waals surface area contributed by atoms with Gasteiger partial charge in [0.15, 0.2) is 11.6 Å². The zero-order valence-electron chi connectivity index (χ0n) is 16.6. The predicted octanol–water partition coefficient (Wildman–Crippen LogP) is 4.10. The van der Waals surface area contributed by atoms with Crippen LogP contribution in [0.2, 0.25) is 0 Å². The van der Waals surface area contributed by atoms with Crippen molar-refractivity contribution in [2.75, 3.05) is 10.6 Å². The lowest BCUT2D eigenvalue weighted by molar-refractivity contribution is 0.0996. The lowest BCUT2D eigenvalue weighted by atomic mass is 10.2. The van der Waals surface area contributed by atoms with Crippen LogP contribution in [0.4, 0.5) is 16.3 Å². The van der Waals surface area contributed by atoms with E-state index in [1.165, 1.54) is 6.26 Å². The molecule has 2 aromatic heterocycles. The van der Waals surface area contributed by atoms with Gasteiger partial charge in [0.1, 0.15) is 0 Å². The Hall–Kier alpha value is -4.33. The average molecular weight is 415 g/mol. The van der Waals surface area contributed by atoms with Crippen LogP contribution in [-0.2, 0) is 13.1 Å². The summed E-state index contributed by atoms with van der Waals surface area (Å²) in [6, 6.07) is 21.8. The van der Waals surface area contributed by atoms with Gasteiger partial charge >= 0.3 is 6.03 Å². The number of carbonyl (C=O) groups excluding carboxylic acids is 2. The molecule has 8 heteroatoms. The molecule has 156 valence electrons. The van der Waals surface area contributed by atoms with Crippen molar-refractivity contribution in [2.45, 2.75) is 13.1 Å². The molecule has 0 saturated heterocycles. The fourth-order valence-electron chi connectivity index (χ4n) is 2.94. The molecule has 0 spiro atoms. The quantitative estimate of drug-likeness (QED) is 0.423. The molecule has 0 aliphatic carbocycles. The number of amides is 3. The molecule has 0 aliphatic rings. The number of benzene rings is 2. The number of aromatic nitrogens is 2. The van der Waals surface area contributed by atoms with Gasteiger partial charge in [-0.05, 0) is 35.4 Å². The molecule has 0 atom stereocenters. The summed E-state index contributed by atoms with van der Waals surface area (Å²) in [5.41, 5.74) is 2.66. The maximum absolute atomic E-state index is 12.2. The Morgan fingerprint density at radius 2 is 1.68 bits per heavy atom. The summed E-state index contributed by atoms with van der Waals surface area (Å²) in [5.74, 6) is 0.403. The van der Waals surface area contributed by atoms with Crippen molar-refractivity contribution in [2.24, 2.45) is 0 Å². The first-order valence-corrected chi connectivity index (χ1v) is 9.72. The SMILES string of the molecule is O=C(NCc1ccc(NC(=O)c2ccco2)cc1)Nc1ccn(Cc2ccccc2)n1. The number of hydrogen-bond donors (Lipinski definition) is 3. The molecule has 8 nitrogen and oxygen atoms in total. The molecule has 0 fully saturated rings. The van der Waals surface area contributed by atoms with Gasteiger partial charge in [-0.25, -0.2) is 4.79 Å². The van der Waals surface area contributed by atoms with Crippen LogP contribution >= 0.6 is 0 Å². The van der Waals surface area contributed by atoms with Gasteiger partial charge in [0.05, 0.1) is 12.8 Å². The predicted molar refractivity (Wildman–Crippen MR) is 117 cm³/mol. The van der Waals surface area contributed by atoms with E-state index >= 15 is 0 Å². The van der Waals surface area contributed by atoms with Crippen LogP contribution < -0.4 is 16.0 Å². The number of nitrogens with one attached hydrogen (secondary N) is 3. The van der Waals surface area contributed by atoms with Crippen LogP contribution in [0.5, 0.6) is 0 Å². The van der Waals surface area contributed by atoms with Crippen LogP contribution in [-0.4, -0.2) is 21.7 Å². The number of hydrogen-bond acceptors (Lipinski definition) is 4. The van der Waals surface area contributed by atoms with E-state index in [-0.39, 0.29) is 17.7 Å². The zero-order valence-corrected chi connectivity index (χ0v) is 16.6. The number of furan rings is 1. The third-order valence-corrected chi connectivity index (χ3v) is 4.48. The van der Waals surface area contributed by atoms with E-state index in [9.17, 15) is 9.59 Å². The van der Waals surface area contributed by atoms with E-state index in [2.05, 4.69) is 21.0 Å². The fourth-order valence-corrected chi connectivity index (χ4v) is 2.94. The molecule has 0 unspecified atom stereocenters. The third kappa shape index (κ3) is 5.60. The molecule has 31 heavy (non-hydrogen) atoms. The smallest absolute Gasteiger partial charge is 0.320 e. The molecule has 0 saturated carbocycles. The molecule has 0 radical (unpaired) electrons. The highest BCUT2D eigenvalue weighted by Crippen LogP contribution is 2.12. The van der Waals surface area contributed by atoms with Crippen molar-refractivity contribution in [1.82, 2.24) is 15.1 Å². The molecule has 0 aliphatic heterocycles. The zero-order chi connectivity index (χ0) is 21.5. The minimum Gasteiger partial charge on any atom is -0.459 e. The van der Waals surface area contributed by atoms with Gasteiger partial charge in [-0.1, -0.05) is 42.5 Å². The molecule has 2 aromatic carbocycles. The first-order chi connectivity index (χ1) is 15.2. The van der Waals surface area contributed by atoms with E-state index < -0.39 is 0 Å². The molecule has 4 aromatic rings. The summed E-state index contributed by atoms with van der Waals surface area (Å²) < 4.78 is 6.83. The van der Waals surface area contributed by atoms with Gasteiger partial charge in [-0.2, -0.15) is 5.10 Å². The standard InChI is InChI=1S/C23H21N5O3/c29-22(20-7-4-14-31-20)25-19-10-8-17(9-11-19)15-24-23(30)26-21-12-13-28(27-21)16-18-5-2-1-3-6-18/h1-14H,15-16H2,(H,25,29)(H2,24,26,27,30). The Labute approximate surface area is 178 Å². The first-order valence-electron chi connectivity index (χ1n) is 9.72. The normalized spacial score (nSPS) is 10.5. The Morgan fingerprint density at radius 3 is 2.42 bits per heavy atom. The Morgan fingerprint density at radius 1 is 0.871 bits per heavy atom. The van der Waals surface area contributed by atoms with Crippen LogP contribution in [0.25, 0.3) is 0 Å². The number of rotatable bonds is 7. The topological polar surface area (TPSA) is 101 Å². The van der Waals surface area contributed by atoms with Crippen molar-refractivity contribution in [3.05, 3.63) is 102 Å². The average Bonchev–Trinajstić information content (AvgIpc) is 3.47. The monoisotopic (exact) mass is 415 g/mol. The summed E-state index contributed by atoms with van der Waals surface area (Å²) in [4.78, 5) is 24.1. The lowest BCUT2D eigenvalue weighted by Gasteiger charge is -2.08. The van der Waals surface area contributed by atoms with E-state index in [0.717, 1.165) is 11.1 Å². The van der Waals surface area contributed by atoms with Gasteiger partial charge < -0.3 is 15.1 Å². The van der Waals surface area contributed by atoms with E-state index in [4.69, 9.17) is 4.42 Å². The van der Waals surface area contributed by atoms with Crippen molar-refractivity contribution in [3.8, 4) is 0 Å². The first kappa shape index (κ1) is 20.0. The fraction of sp³-hybridized carbons (Fsp3) is 0.0870. The number of urea groups is 1. The van der Waals surface area contributed by atoms with Crippen molar-refractivity contribution >= 4 is 23.4 Å². The third-order valence-electron chi connectivity index (χ3n) is 4.48. The van der Waals surface area contributed by atoms with Crippen LogP contribution in [0, 0.1) is 0 Å². The molecule has 4 rings (SSSR count). The van der Waals surface area contributed by atoms with Crippen LogP contribution in [0.1, 0.15) is 21.7 Å². The van der Waals surface area contributed by atoms with E-state index in [1.807, 2.05) is 48.7 Å². The highest BCUT2D eigenvalue weighted by atomic mass is 16.3. The summed E-state index contributed by atoms with van der Waals surface area (Å²) >= 11 is 0. The van der Waals surface area contributed by atoms with Gasteiger partial charge in [-0.15, -0.1) is 0 Å². The largest absolute Gasteiger partial charge is 0.459 e. The minimum absolute atomic E-state index is 0.244. The van der Waals surface area contributed by atoms with E-state index in [0.29, 0.717) is 24.6 Å². The molecular weight excluding hydrogens is 394 g/mol. The minimum atomic E-state index is -0.347. The molecule has 3 amide bonds. The van der Waals surface area contributed by atoms with Crippen molar-refractivity contribution < 1.29 is 14.0 Å². The van der Waals surface area contributed by atoms with Gasteiger partial charge in [0, 0.05) is 24.5 Å². The number of nitrogens with zero attached hydrogens (tertiary/aromatic N) is 2. The number of carbonyl (C=O) groups is 2. The van der Waals surface area contributed by atoms with Crippen molar-refractivity contribution in [1.29, 1.82) is 0 Å². The molecule has 3 N–H and O–H groups in total. The maximum atomic E-state index is 12.2. The summed E-state index contributed by atoms with van der Waals surface area (Å²) in [7, 11) is 0.